The second kappa shape index (κ2) is 4.66. The molecule has 0 aromatic carbocycles. The van der Waals surface area contributed by atoms with Crippen LogP contribution < -0.4 is 0 Å². The minimum Gasteiger partial charge on any atom is -0.478 e. The van der Waals surface area contributed by atoms with Gasteiger partial charge < -0.3 is 9.84 Å². The van der Waals surface area contributed by atoms with E-state index in [1.165, 1.54) is 11.8 Å². The molecule has 5 nitrogen and oxygen atoms in total. The average molecular weight is 201 g/mol. The Morgan fingerprint density at radius 1 is 1.54 bits per heavy atom. The Balaban J connectivity index is 2.36. The van der Waals surface area contributed by atoms with Gasteiger partial charge in [0.05, 0.1) is 6.54 Å². The van der Waals surface area contributed by atoms with E-state index in [9.17, 15) is 9.59 Å². The zero-order valence-electron chi connectivity index (χ0n) is 6.60. The van der Waals surface area contributed by atoms with Gasteiger partial charge in [-0.15, -0.1) is 0 Å². The van der Waals surface area contributed by atoms with Gasteiger partial charge >= 0.3 is 11.9 Å². The molecule has 0 unspecified atom stereocenters. The van der Waals surface area contributed by atoms with Gasteiger partial charge in [-0.1, -0.05) is 11.8 Å². The number of ether oxygens (including phenoxy) is 1. The highest BCUT2D eigenvalue weighted by Crippen LogP contribution is 2.12. The van der Waals surface area contributed by atoms with E-state index < -0.39 is 11.9 Å². The van der Waals surface area contributed by atoms with Crippen LogP contribution >= 0.6 is 11.8 Å². The molecule has 0 spiro atoms. The zero-order chi connectivity index (χ0) is 9.68. The lowest BCUT2D eigenvalue weighted by Gasteiger charge is -1.96. The molecule has 6 heteroatoms. The molecule has 0 saturated heterocycles. The maximum absolute atomic E-state index is 10.8. The monoisotopic (exact) mass is 201 g/mol. The first kappa shape index (κ1) is 9.79. The number of rotatable bonds is 2. The van der Waals surface area contributed by atoms with Gasteiger partial charge in [-0.25, -0.2) is 14.6 Å². The van der Waals surface area contributed by atoms with E-state index in [0.29, 0.717) is 11.8 Å². The summed E-state index contributed by atoms with van der Waals surface area (Å²) in [5.41, 5.74) is 0. The zero-order valence-corrected chi connectivity index (χ0v) is 7.41. The van der Waals surface area contributed by atoms with E-state index in [2.05, 4.69) is 9.73 Å². The van der Waals surface area contributed by atoms with Crippen molar-refractivity contribution in [2.45, 2.75) is 0 Å². The maximum atomic E-state index is 10.8. The number of aliphatic carboxylic acids is 1. The van der Waals surface area contributed by atoms with Gasteiger partial charge in [0, 0.05) is 17.9 Å². The molecule has 0 saturated carbocycles. The van der Waals surface area contributed by atoms with Crippen molar-refractivity contribution in [1.29, 1.82) is 0 Å². The van der Waals surface area contributed by atoms with Gasteiger partial charge in [0.15, 0.2) is 0 Å². The first-order valence-corrected chi connectivity index (χ1v) is 4.47. The van der Waals surface area contributed by atoms with Crippen molar-refractivity contribution in [2.24, 2.45) is 4.99 Å². The predicted molar refractivity (Wildman–Crippen MR) is 47.6 cm³/mol. The number of carboxylic acid groups (broad SMARTS) is 1. The second-order valence-electron chi connectivity index (χ2n) is 2.09. The van der Waals surface area contributed by atoms with Crippen LogP contribution in [-0.2, 0) is 14.3 Å². The molecule has 1 heterocycles. The standard InChI is InChI=1S/C7H7NO4S/c9-5(10)1-2-6(11)12-7-8-3-4-13-7/h1-2H,3-4H2,(H,9,10)/b2-1-. The first-order chi connectivity index (χ1) is 6.18. The third kappa shape index (κ3) is 3.75. The fraction of sp³-hybridized carbons (Fsp3) is 0.286. The van der Waals surface area contributed by atoms with E-state index in [1.807, 2.05) is 0 Å². The molecule has 0 atom stereocenters. The Labute approximate surface area is 78.5 Å². The van der Waals surface area contributed by atoms with Crippen LogP contribution in [-0.4, -0.2) is 34.6 Å². The van der Waals surface area contributed by atoms with Crippen molar-refractivity contribution in [1.82, 2.24) is 0 Å². The molecule has 0 aliphatic carbocycles. The summed E-state index contributed by atoms with van der Waals surface area (Å²) in [5.74, 6) is -1.10. The first-order valence-electron chi connectivity index (χ1n) is 3.48. The molecule has 0 aromatic rings. The average Bonchev–Trinajstić information content (AvgIpc) is 2.53. The van der Waals surface area contributed by atoms with E-state index in [1.54, 1.807) is 0 Å². The Bertz CT molecular complexity index is 284. The van der Waals surface area contributed by atoms with E-state index in [0.717, 1.165) is 17.9 Å². The molecule has 0 bridgehead atoms. The molecule has 0 fully saturated rings. The molecular formula is C7H7NO4S. The molecule has 70 valence electrons. The third-order valence-corrected chi connectivity index (χ3v) is 1.95. The molecule has 1 N–H and O–H groups in total. The summed E-state index contributed by atoms with van der Waals surface area (Å²) < 4.78 is 4.69. The number of nitrogens with zero attached hydrogens (tertiary/aromatic N) is 1. The number of carbonyl (C=O) groups excluding carboxylic acids is 1. The van der Waals surface area contributed by atoms with Gasteiger partial charge in [0.1, 0.15) is 0 Å². The van der Waals surface area contributed by atoms with Crippen molar-refractivity contribution >= 4 is 28.9 Å². The fourth-order valence-corrected chi connectivity index (χ4v) is 1.32. The third-order valence-electron chi connectivity index (χ3n) is 1.11. The number of esters is 1. The highest BCUT2D eigenvalue weighted by atomic mass is 32.2. The lowest BCUT2D eigenvalue weighted by molar-refractivity contribution is -0.133. The Kier molecular flexibility index (Phi) is 3.51. The lowest BCUT2D eigenvalue weighted by atomic mass is 10.5. The van der Waals surface area contributed by atoms with Gasteiger partial charge in [-0.3, -0.25) is 0 Å². The lowest BCUT2D eigenvalue weighted by Crippen LogP contribution is -2.05. The number of carbonyl (C=O) groups is 2. The normalized spacial score (nSPS) is 15.8. The van der Waals surface area contributed by atoms with Crippen molar-refractivity contribution < 1.29 is 19.4 Å². The summed E-state index contributed by atoms with van der Waals surface area (Å²) in [6.45, 7) is 0.635. The van der Waals surface area contributed by atoms with Crippen LogP contribution in [0.2, 0.25) is 0 Å². The Morgan fingerprint density at radius 3 is 2.85 bits per heavy atom. The predicted octanol–water partition coefficient (Wildman–Crippen LogP) is 0.273. The minimum atomic E-state index is -1.18. The number of thioether (sulfide) groups is 1. The molecule has 0 aromatic heterocycles. The van der Waals surface area contributed by atoms with Crippen molar-refractivity contribution in [3.05, 3.63) is 12.2 Å². The maximum Gasteiger partial charge on any atom is 0.338 e. The number of aliphatic imine (C=N–C) groups is 1. The Morgan fingerprint density at radius 2 is 2.31 bits per heavy atom. The summed E-state index contributed by atoms with van der Waals surface area (Å²) in [7, 11) is 0. The van der Waals surface area contributed by atoms with Crippen LogP contribution in [0.4, 0.5) is 0 Å². The highest BCUT2D eigenvalue weighted by molar-refractivity contribution is 8.13. The molecule has 1 aliphatic heterocycles. The van der Waals surface area contributed by atoms with E-state index in [4.69, 9.17) is 5.11 Å². The SMILES string of the molecule is O=C(O)/C=C\C(=O)OC1=NCCS1. The topological polar surface area (TPSA) is 76.0 Å². The number of hydrogen-bond donors (Lipinski definition) is 1. The summed E-state index contributed by atoms with van der Waals surface area (Å²) >= 11 is 1.33. The van der Waals surface area contributed by atoms with Crippen LogP contribution in [0.5, 0.6) is 0 Å². The van der Waals surface area contributed by atoms with E-state index >= 15 is 0 Å². The van der Waals surface area contributed by atoms with Crippen LogP contribution in [0.3, 0.4) is 0 Å². The van der Waals surface area contributed by atoms with Gasteiger partial charge in [-0.05, 0) is 0 Å². The van der Waals surface area contributed by atoms with Crippen LogP contribution in [0.15, 0.2) is 17.1 Å². The molecule has 1 rings (SSSR count). The van der Waals surface area contributed by atoms with Crippen LogP contribution in [0, 0.1) is 0 Å². The largest absolute Gasteiger partial charge is 0.478 e. The summed E-state index contributed by atoms with van der Waals surface area (Å²) in [4.78, 5) is 24.7. The van der Waals surface area contributed by atoms with E-state index in [-0.39, 0.29) is 0 Å². The van der Waals surface area contributed by atoms with Crippen molar-refractivity contribution in [3.8, 4) is 0 Å². The van der Waals surface area contributed by atoms with Gasteiger partial charge in [-0.2, -0.15) is 0 Å². The smallest absolute Gasteiger partial charge is 0.338 e. The molecule has 0 radical (unpaired) electrons. The molecule has 13 heavy (non-hydrogen) atoms. The molecule has 1 aliphatic rings. The molecule has 0 amide bonds. The van der Waals surface area contributed by atoms with Crippen LogP contribution in [0.25, 0.3) is 0 Å². The second-order valence-corrected chi connectivity index (χ2v) is 3.13. The molecular weight excluding hydrogens is 194 g/mol. The fourth-order valence-electron chi connectivity index (χ4n) is 0.637. The van der Waals surface area contributed by atoms with Gasteiger partial charge in [0.2, 0.25) is 0 Å². The number of hydrogen-bond acceptors (Lipinski definition) is 5. The van der Waals surface area contributed by atoms with Crippen molar-refractivity contribution in [2.75, 3.05) is 12.3 Å². The summed E-state index contributed by atoms with van der Waals surface area (Å²) in [6.07, 6.45) is 1.58. The van der Waals surface area contributed by atoms with Crippen molar-refractivity contribution in [3.63, 3.8) is 0 Å². The summed E-state index contributed by atoms with van der Waals surface area (Å²) in [5, 5.41) is 8.50. The Hall–Kier alpha value is -1.30. The quantitative estimate of drug-likeness (QED) is 0.512. The van der Waals surface area contributed by atoms with Gasteiger partial charge in [0.25, 0.3) is 5.23 Å². The summed E-state index contributed by atoms with van der Waals surface area (Å²) in [6, 6.07) is 0. The minimum absolute atomic E-state index is 0.306. The number of carboxylic acids is 1. The van der Waals surface area contributed by atoms with Crippen LogP contribution in [0.1, 0.15) is 0 Å². The highest BCUT2D eigenvalue weighted by Gasteiger charge is 2.11.